The van der Waals surface area contributed by atoms with Crippen molar-refractivity contribution >= 4 is 28.6 Å². The minimum atomic E-state index is -4.54. The molecule has 52 heavy (non-hydrogen) atoms. The van der Waals surface area contributed by atoms with E-state index < -0.39 is 125 Å². The number of aromatic nitrogens is 1. The number of carbonyl (C=O) groups excluding carboxylic acids is 1. The van der Waals surface area contributed by atoms with Crippen LogP contribution in [0.25, 0.3) is 22.0 Å². The van der Waals surface area contributed by atoms with Gasteiger partial charge in [-0.2, -0.15) is 13.2 Å². The molecule has 0 unspecified atom stereocenters. The number of rotatable bonds is 12. The van der Waals surface area contributed by atoms with Crippen molar-refractivity contribution in [1.82, 2.24) is 14.4 Å². The van der Waals surface area contributed by atoms with Crippen molar-refractivity contribution in [3.8, 4) is 11.1 Å². The zero-order chi connectivity index (χ0) is 47.3. The summed E-state index contributed by atoms with van der Waals surface area (Å²) >= 11 is 0.0490. The minimum absolute atomic E-state index is 0.00938. The molecule has 6 rings (SSSR count). The van der Waals surface area contributed by atoms with Gasteiger partial charge in [-0.25, -0.2) is 8.78 Å². The van der Waals surface area contributed by atoms with Crippen LogP contribution >= 0.6 is 11.8 Å². The molecule has 0 aliphatic carbocycles. The van der Waals surface area contributed by atoms with E-state index in [-0.39, 0.29) is 44.2 Å². The van der Waals surface area contributed by atoms with Crippen molar-refractivity contribution in [1.29, 1.82) is 0 Å². The van der Waals surface area contributed by atoms with E-state index in [0.29, 0.717) is 16.7 Å². The smallest absolute Gasteiger partial charge is 0.383 e. The number of hydrogen-bond acceptors (Lipinski definition) is 5. The Hall–Kier alpha value is -4.52. The number of nitrogens with zero attached hydrogens (tertiary/aromatic N) is 3. The summed E-state index contributed by atoms with van der Waals surface area (Å²) in [4.78, 5) is 31.3. The molecule has 0 saturated carbocycles. The Morgan fingerprint density at radius 2 is 1.71 bits per heavy atom. The second kappa shape index (κ2) is 16.4. The lowest BCUT2D eigenvalue weighted by molar-refractivity contribution is -0.137. The van der Waals surface area contributed by atoms with E-state index in [4.69, 9.17) is 21.2 Å². The number of alkyl halides is 3. The van der Waals surface area contributed by atoms with Gasteiger partial charge in [0.1, 0.15) is 6.54 Å². The second-order valence-electron chi connectivity index (χ2n) is 11.8. The third-order valence-electron chi connectivity index (χ3n) is 8.57. The van der Waals surface area contributed by atoms with Crippen LogP contribution in [0.1, 0.15) is 46.0 Å². The van der Waals surface area contributed by atoms with Crippen LogP contribution < -0.4 is 5.43 Å². The fourth-order valence-electron chi connectivity index (χ4n) is 5.88. The molecular formula is C40H38F5N3O3S. The normalized spacial score (nSPS) is 18.3. The van der Waals surface area contributed by atoms with Crippen LogP contribution in [0.3, 0.4) is 0 Å². The summed E-state index contributed by atoms with van der Waals surface area (Å²) < 4.78 is 174. The average molecular weight is 748 g/mol. The number of halogens is 5. The van der Waals surface area contributed by atoms with E-state index >= 15 is 4.39 Å². The lowest BCUT2D eigenvalue weighted by Gasteiger charge is -2.39. The molecule has 1 aliphatic rings. The zero-order valence-corrected chi connectivity index (χ0v) is 28.1. The first-order chi connectivity index (χ1) is 29.7. The SMILES string of the molecule is [2H]c1c([2H])c([2H])c2c(c1[2H])c(=O)c([2H])c(SC([2H])([2H])c1cccc(F)c1F)n2CC(=O)N(Cc1ccc(-c2ccc(C(F)(F)F)cc2)cc1)C1CCN(C([2H])([2H])COC([2H])([2H])[2H])CC1. The first kappa shape index (κ1) is 24.7. The molecule has 272 valence electrons. The van der Waals surface area contributed by atoms with E-state index in [9.17, 15) is 27.2 Å². The fraction of sp³-hybridized carbons (Fsp3) is 0.300. The number of likely N-dealkylation sites (tertiary alicyclic amines) is 1. The van der Waals surface area contributed by atoms with Crippen LogP contribution in [-0.2, 0) is 34.5 Å². The van der Waals surface area contributed by atoms with Gasteiger partial charge < -0.3 is 19.1 Å². The summed E-state index contributed by atoms with van der Waals surface area (Å²) in [6, 6.07) is 8.61. The highest BCUT2D eigenvalue weighted by atomic mass is 32.2. The maximum atomic E-state index is 15.0. The van der Waals surface area contributed by atoms with Gasteiger partial charge in [-0.3, -0.25) is 9.59 Å². The fourth-order valence-corrected chi connectivity index (χ4v) is 6.65. The Morgan fingerprint density at radius 1 is 1.02 bits per heavy atom. The number of benzene rings is 4. The molecule has 0 spiro atoms. The summed E-state index contributed by atoms with van der Waals surface area (Å²) in [5.74, 6) is -3.77. The molecule has 0 atom stereocenters. The standard InChI is InChI=1S/C40H38F5N3O3S/c1-51-22-21-46-19-17-32(18-20-46)47(24-27-9-11-28(12-10-27)29-13-15-31(16-14-29)40(43,44)45)37(50)25-48-35-8-3-2-6-33(35)36(49)23-38(48)52-26-30-5-4-7-34(41)39(30)42/h2-16,23,32H,17-22,24-26H2,1H3/i1D3,2D,3D,6D,8D,21D2,23D,26D2. The maximum absolute atomic E-state index is 15.0. The van der Waals surface area contributed by atoms with Crippen LogP contribution in [-0.4, -0.2) is 59.5 Å². The molecule has 1 fully saturated rings. The second-order valence-corrected chi connectivity index (χ2v) is 12.6. The van der Waals surface area contributed by atoms with Gasteiger partial charge in [-0.1, -0.05) is 60.6 Å². The van der Waals surface area contributed by atoms with Gasteiger partial charge in [0.05, 0.1) is 33.7 Å². The lowest BCUT2D eigenvalue weighted by Crippen LogP contribution is -2.48. The molecule has 0 N–H and O–H groups in total. The van der Waals surface area contributed by atoms with Gasteiger partial charge in [0.25, 0.3) is 0 Å². The van der Waals surface area contributed by atoms with Crippen LogP contribution in [0.4, 0.5) is 22.0 Å². The first-order valence-electron chi connectivity index (χ1n) is 21.9. The van der Waals surface area contributed by atoms with Gasteiger partial charge in [0.2, 0.25) is 5.91 Å². The zero-order valence-electron chi connectivity index (χ0n) is 39.2. The average Bonchev–Trinajstić information content (AvgIpc) is 3.23. The van der Waals surface area contributed by atoms with Crippen LogP contribution in [0.15, 0.2) is 107 Å². The largest absolute Gasteiger partial charge is 0.416 e. The van der Waals surface area contributed by atoms with E-state index in [1.165, 1.54) is 21.9 Å². The van der Waals surface area contributed by atoms with Gasteiger partial charge >= 0.3 is 6.18 Å². The Morgan fingerprint density at radius 3 is 2.40 bits per heavy atom. The molecule has 2 heterocycles. The molecule has 1 aliphatic heterocycles. The van der Waals surface area contributed by atoms with Crippen molar-refractivity contribution in [3.63, 3.8) is 0 Å². The van der Waals surface area contributed by atoms with E-state index in [1.54, 1.807) is 24.3 Å². The third kappa shape index (κ3) is 8.74. The quantitative estimate of drug-likeness (QED) is 0.0949. The number of pyridine rings is 1. The third-order valence-corrected chi connectivity index (χ3v) is 9.41. The molecule has 1 amide bonds. The lowest BCUT2D eigenvalue weighted by atomic mass is 10.00. The van der Waals surface area contributed by atoms with E-state index in [0.717, 1.165) is 34.9 Å². The van der Waals surface area contributed by atoms with Crippen LogP contribution in [0, 0.1) is 11.6 Å². The summed E-state index contributed by atoms with van der Waals surface area (Å²) in [7, 11) is -2.87. The number of amides is 1. The van der Waals surface area contributed by atoms with Crippen LogP contribution in [0.2, 0.25) is 0 Å². The highest BCUT2D eigenvalue weighted by Gasteiger charge is 2.31. The summed E-state index contributed by atoms with van der Waals surface area (Å²) in [5, 5.41) is -1.34. The van der Waals surface area contributed by atoms with Gasteiger partial charge in [-0.05, 0) is 59.8 Å². The maximum Gasteiger partial charge on any atom is 0.416 e. The molecule has 0 radical (unpaired) electrons. The van der Waals surface area contributed by atoms with Crippen molar-refractivity contribution < 1.29 is 47.9 Å². The van der Waals surface area contributed by atoms with Crippen molar-refractivity contribution in [3.05, 3.63) is 135 Å². The highest BCUT2D eigenvalue weighted by Crippen LogP contribution is 2.32. The first-order valence-corrected chi connectivity index (χ1v) is 16.8. The van der Waals surface area contributed by atoms with Gasteiger partial charge in [0, 0.05) is 67.4 Å². The number of ether oxygens (including phenoxy) is 1. The number of methoxy groups -OCH3 is 1. The summed E-state index contributed by atoms with van der Waals surface area (Å²) in [6.45, 7) is -4.12. The summed E-state index contributed by atoms with van der Waals surface area (Å²) in [5.41, 5.74) is -4.94. The molecular weight excluding hydrogens is 698 g/mol. The number of fused-ring (bicyclic) bond motifs is 1. The number of para-hydroxylation sites is 1. The van der Waals surface area contributed by atoms with Crippen molar-refractivity contribution in [2.75, 3.05) is 33.2 Å². The molecule has 1 aromatic heterocycles. The van der Waals surface area contributed by atoms with Crippen molar-refractivity contribution in [2.24, 2.45) is 0 Å². The number of piperidine rings is 1. The van der Waals surface area contributed by atoms with E-state index in [2.05, 4.69) is 0 Å². The Bertz CT molecular complexity index is 2630. The van der Waals surface area contributed by atoms with Gasteiger partial charge in [0.15, 0.2) is 17.1 Å². The number of carbonyl (C=O) groups is 1. The topological polar surface area (TPSA) is 54.8 Å². The Kier molecular flexibility index (Phi) is 7.80. The summed E-state index contributed by atoms with van der Waals surface area (Å²) in [6.07, 6.45) is -4.35. The monoisotopic (exact) mass is 747 g/mol. The van der Waals surface area contributed by atoms with Crippen LogP contribution in [0.5, 0.6) is 0 Å². The highest BCUT2D eigenvalue weighted by molar-refractivity contribution is 7.98. The molecule has 0 bridgehead atoms. The van der Waals surface area contributed by atoms with E-state index in [1.807, 2.05) is 0 Å². The number of thioether (sulfide) groups is 1. The minimum Gasteiger partial charge on any atom is -0.383 e. The molecule has 1 saturated heterocycles. The predicted molar refractivity (Wildman–Crippen MR) is 193 cm³/mol. The van der Waals surface area contributed by atoms with Gasteiger partial charge in [-0.15, -0.1) is 11.8 Å². The number of hydrogen-bond donors (Lipinski definition) is 0. The Labute approximate surface area is 319 Å². The molecule has 6 nitrogen and oxygen atoms in total. The Balaban J connectivity index is 1.42. The predicted octanol–water partition coefficient (Wildman–Crippen LogP) is 8.40. The van der Waals surface area contributed by atoms with Crippen molar-refractivity contribution in [2.45, 2.75) is 48.9 Å². The molecule has 5 aromatic rings. The molecule has 12 heteroatoms. The molecule has 4 aromatic carbocycles.